The number of aromatic nitrogens is 3. The van der Waals surface area contributed by atoms with Gasteiger partial charge in [0.25, 0.3) is 0 Å². The fourth-order valence-electron chi connectivity index (χ4n) is 2.19. The molecule has 1 aromatic heterocycles. The summed E-state index contributed by atoms with van der Waals surface area (Å²) in [5.74, 6) is 1.71. The smallest absolute Gasteiger partial charge is 0.195 e. The minimum absolute atomic E-state index is 0.409. The summed E-state index contributed by atoms with van der Waals surface area (Å²) in [6.07, 6.45) is 2.04. The van der Waals surface area contributed by atoms with Crippen molar-refractivity contribution in [3.8, 4) is 0 Å². The molecular weight excluding hydrogens is 232 g/mol. The first-order valence-corrected chi connectivity index (χ1v) is 6.67. The number of hydrogen-bond acceptors (Lipinski definition) is 3. The Hall–Kier alpha value is -0.680. The van der Waals surface area contributed by atoms with E-state index in [1.807, 2.05) is 0 Å². The fraction of sp³-hybridized carbons (Fsp3) is 0.833. The van der Waals surface area contributed by atoms with E-state index in [-0.39, 0.29) is 0 Å². The van der Waals surface area contributed by atoms with Gasteiger partial charge in [0.05, 0.1) is 6.04 Å². The van der Waals surface area contributed by atoms with Crippen LogP contribution in [0.3, 0.4) is 0 Å². The second kappa shape index (κ2) is 6.31. The van der Waals surface area contributed by atoms with Gasteiger partial charge in [0.2, 0.25) is 0 Å². The second-order valence-corrected chi connectivity index (χ2v) is 5.60. The predicted molar refractivity (Wildman–Crippen MR) is 73.8 cm³/mol. The Labute approximate surface area is 109 Å². The molecule has 0 saturated carbocycles. The number of rotatable bonds is 6. The van der Waals surface area contributed by atoms with Crippen molar-refractivity contribution in [1.29, 1.82) is 0 Å². The van der Waals surface area contributed by atoms with E-state index in [2.05, 4.69) is 54.5 Å². The zero-order valence-electron chi connectivity index (χ0n) is 11.5. The lowest BCUT2D eigenvalue weighted by atomic mass is 10.0. The molecule has 0 bridgehead atoms. The third-order valence-electron chi connectivity index (χ3n) is 2.78. The van der Waals surface area contributed by atoms with Crippen molar-refractivity contribution in [3.05, 3.63) is 10.6 Å². The molecule has 0 saturated heterocycles. The Kier molecular flexibility index (Phi) is 5.33. The SMILES string of the molecule is CCc1n[nH]c(=S)n1C(CC(C)C)CN(C)C. The minimum Gasteiger partial charge on any atom is -0.307 e. The summed E-state index contributed by atoms with van der Waals surface area (Å²) in [6, 6.07) is 0.409. The quantitative estimate of drug-likeness (QED) is 0.795. The highest BCUT2D eigenvalue weighted by atomic mass is 32.1. The van der Waals surface area contributed by atoms with Crippen LogP contribution in [0.5, 0.6) is 0 Å². The molecule has 5 heteroatoms. The van der Waals surface area contributed by atoms with Crippen LogP contribution in [0.15, 0.2) is 0 Å². The van der Waals surface area contributed by atoms with Gasteiger partial charge in [-0.05, 0) is 38.7 Å². The minimum atomic E-state index is 0.409. The molecule has 1 N–H and O–H groups in total. The lowest BCUT2D eigenvalue weighted by Gasteiger charge is -2.25. The lowest BCUT2D eigenvalue weighted by molar-refractivity contribution is 0.282. The van der Waals surface area contributed by atoms with E-state index in [1.165, 1.54) is 0 Å². The molecule has 1 heterocycles. The van der Waals surface area contributed by atoms with E-state index in [9.17, 15) is 0 Å². The molecule has 17 heavy (non-hydrogen) atoms. The molecule has 1 atom stereocenters. The molecule has 0 amide bonds. The first-order chi connectivity index (χ1) is 7.95. The Bertz CT molecular complexity index is 381. The van der Waals surface area contributed by atoms with Gasteiger partial charge in [0.1, 0.15) is 5.82 Å². The van der Waals surface area contributed by atoms with Crippen molar-refractivity contribution in [2.24, 2.45) is 5.92 Å². The molecule has 0 radical (unpaired) electrons. The fourth-order valence-corrected chi connectivity index (χ4v) is 2.49. The van der Waals surface area contributed by atoms with Gasteiger partial charge >= 0.3 is 0 Å². The van der Waals surface area contributed by atoms with Crippen LogP contribution in [0.25, 0.3) is 0 Å². The van der Waals surface area contributed by atoms with Gasteiger partial charge in [-0.1, -0.05) is 20.8 Å². The van der Waals surface area contributed by atoms with Crippen LogP contribution >= 0.6 is 12.2 Å². The number of hydrogen-bond donors (Lipinski definition) is 1. The number of aromatic amines is 1. The molecule has 0 spiro atoms. The zero-order chi connectivity index (χ0) is 13.0. The highest BCUT2D eigenvalue weighted by Gasteiger charge is 2.18. The molecule has 0 aliphatic heterocycles. The number of nitrogens with zero attached hydrogens (tertiary/aromatic N) is 3. The zero-order valence-corrected chi connectivity index (χ0v) is 12.3. The van der Waals surface area contributed by atoms with Crippen LogP contribution in [0, 0.1) is 10.7 Å². The van der Waals surface area contributed by atoms with Crippen molar-refractivity contribution < 1.29 is 0 Å². The van der Waals surface area contributed by atoms with Crippen LogP contribution in [0.4, 0.5) is 0 Å². The van der Waals surface area contributed by atoms with Crippen molar-refractivity contribution in [3.63, 3.8) is 0 Å². The molecule has 0 aliphatic rings. The van der Waals surface area contributed by atoms with E-state index >= 15 is 0 Å². The van der Waals surface area contributed by atoms with Crippen LogP contribution in [-0.4, -0.2) is 40.3 Å². The summed E-state index contributed by atoms with van der Waals surface area (Å²) in [5, 5.41) is 7.21. The van der Waals surface area contributed by atoms with Gasteiger partial charge in [-0.25, -0.2) is 0 Å². The van der Waals surface area contributed by atoms with Crippen LogP contribution in [-0.2, 0) is 6.42 Å². The highest BCUT2D eigenvalue weighted by molar-refractivity contribution is 7.71. The third-order valence-corrected chi connectivity index (χ3v) is 3.07. The van der Waals surface area contributed by atoms with Gasteiger partial charge in [-0.2, -0.15) is 5.10 Å². The molecular formula is C12H24N4S. The number of nitrogens with one attached hydrogen (secondary N) is 1. The maximum atomic E-state index is 5.35. The number of aryl methyl sites for hydroxylation is 1. The van der Waals surface area contributed by atoms with Crippen molar-refractivity contribution in [1.82, 2.24) is 19.7 Å². The Morgan fingerprint density at radius 2 is 2.06 bits per heavy atom. The van der Waals surface area contributed by atoms with Crippen LogP contribution in [0.1, 0.15) is 39.1 Å². The van der Waals surface area contributed by atoms with E-state index < -0.39 is 0 Å². The highest BCUT2D eigenvalue weighted by Crippen LogP contribution is 2.20. The summed E-state index contributed by atoms with van der Waals surface area (Å²) < 4.78 is 2.93. The number of likely N-dealkylation sites (N-methyl/N-ethyl adjacent to an activating group) is 1. The standard InChI is InChI=1S/C12H24N4S/c1-6-11-13-14-12(17)16(11)10(7-9(2)3)8-15(4)5/h9-10H,6-8H2,1-5H3,(H,14,17). The largest absolute Gasteiger partial charge is 0.307 e. The maximum Gasteiger partial charge on any atom is 0.195 e. The summed E-state index contributed by atoms with van der Waals surface area (Å²) in [5.41, 5.74) is 0. The summed E-state index contributed by atoms with van der Waals surface area (Å²) in [7, 11) is 4.20. The van der Waals surface area contributed by atoms with Crippen molar-refractivity contribution in [2.75, 3.05) is 20.6 Å². The Morgan fingerprint density at radius 1 is 1.41 bits per heavy atom. The molecule has 4 nitrogen and oxygen atoms in total. The molecule has 1 aromatic rings. The second-order valence-electron chi connectivity index (χ2n) is 5.21. The first kappa shape index (κ1) is 14.4. The monoisotopic (exact) mass is 256 g/mol. The van der Waals surface area contributed by atoms with E-state index in [4.69, 9.17) is 12.2 Å². The van der Waals surface area contributed by atoms with Crippen molar-refractivity contribution >= 4 is 12.2 Å². The molecule has 1 rings (SSSR count). The topological polar surface area (TPSA) is 36.9 Å². The summed E-state index contributed by atoms with van der Waals surface area (Å²) in [4.78, 5) is 2.21. The van der Waals surface area contributed by atoms with Crippen molar-refractivity contribution in [2.45, 2.75) is 39.7 Å². The molecule has 0 aliphatic carbocycles. The molecule has 98 valence electrons. The van der Waals surface area contributed by atoms with Gasteiger partial charge in [-0.3, -0.25) is 9.67 Å². The lowest BCUT2D eigenvalue weighted by Crippen LogP contribution is -2.27. The molecule has 1 unspecified atom stereocenters. The number of H-pyrrole nitrogens is 1. The van der Waals surface area contributed by atoms with Gasteiger partial charge < -0.3 is 4.90 Å². The van der Waals surface area contributed by atoms with E-state index in [0.717, 1.165) is 30.0 Å². The third kappa shape index (κ3) is 3.92. The van der Waals surface area contributed by atoms with E-state index in [0.29, 0.717) is 12.0 Å². The van der Waals surface area contributed by atoms with Gasteiger partial charge in [0, 0.05) is 13.0 Å². The average molecular weight is 256 g/mol. The Balaban J connectivity index is 3.02. The van der Waals surface area contributed by atoms with Crippen LogP contribution in [0.2, 0.25) is 0 Å². The summed E-state index contributed by atoms with van der Waals surface area (Å²) in [6.45, 7) is 7.61. The normalized spacial score (nSPS) is 13.6. The Morgan fingerprint density at radius 3 is 2.53 bits per heavy atom. The molecule has 0 aromatic carbocycles. The first-order valence-electron chi connectivity index (χ1n) is 6.26. The average Bonchev–Trinajstić information content (AvgIpc) is 2.57. The summed E-state index contributed by atoms with van der Waals surface area (Å²) >= 11 is 5.35. The maximum absolute atomic E-state index is 5.35. The van der Waals surface area contributed by atoms with Crippen LogP contribution < -0.4 is 0 Å². The van der Waals surface area contributed by atoms with Gasteiger partial charge in [0.15, 0.2) is 4.77 Å². The molecule has 0 fully saturated rings. The van der Waals surface area contributed by atoms with Gasteiger partial charge in [-0.15, -0.1) is 0 Å². The van der Waals surface area contributed by atoms with E-state index in [1.54, 1.807) is 0 Å². The predicted octanol–water partition coefficient (Wildman–Crippen LogP) is 2.65.